The maximum atomic E-state index is 13.1. The molecule has 1 atom stereocenters. The Morgan fingerprint density at radius 2 is 1.89 bits per heavy atom. The van der Waals surface area contributed by atoms with Crippen LogP contribution in [0.4, 0.5) is 18.9 Å². The molecule has 5 heteroatoms. The molecule has 1 unspecified atom stereocenters. The second-order valence-corrected chi connectivity index (χ2v) is 4.85. The largest absolute Gasteiger partial charge is 0.377 e. The molecule has 2 aromatic rings. The first-order chi connectivity index (χ1) is 8.61. The summed E-state index contributed by atoms with van der Waals surface area (Å²) in [5, 5.41) is 4.94. The Kier molecular flexibility index (Phi) is 3.91. The molecule has 0 amide bonds. The van der Waals surface area contributed by atoms with Crippen molar-refractivity contribution in [2.45, 2.75) is 19.4 Å². The number of thiophene rings is 1. The Labute approximate surface area is 107 Å². The van der Waals surface area contributed by atoms with Gasteiger partial charge in [-0.1, -0.05) is 13.0 Å². The van der Waals surface area contributed by atoms with Crippen LogP contribution in [0.3, 0.4) is 0 Å². The van der Waals surface area contributed by atoms with Crippen molar-refractivity contribution in [1.29, 1.82) is 0 Å². The monoisotopic (exact) mass is 271 g/mol. The molecule has 96 valence electrons. The molecule has 0 saturated carbocycles. The molecule has 1 aromatic carbocycles. The summed E-state index contributed by atoms with van der Waals surface area (Å²) in [7, 11) is 0. The first-order valence-corrected chi connectivity index (χ1v) is 6.44. The molecule has 1 nitrogen and oxygen atoms in total. The van der Waals surface area contributed by atoms with Gasteiger partial charge in [-0.2, -0.15) is 0 Å². The van der Waals surface area contributed by atoms with E-state index < -0.39 is 17.5 Å². The van der Waals surface area contributed by atoms with E-state index in [1.807, 2.05) is 24.4 Å². The zero-order valence-electron chi connectivity index (χ0n) is 9.71. The minimum absolute atomic E-state index is 0.0331. The van der Waals surface area contributed by atoms with Crippen LogP contribution in [0.5, 0.6) is 0 Å². The van der Waals surface area contributed by atoms with Gasteiger partial charge in [-0.3, -0.25) is 0 Å². The van der Waals surface area contributed by atoms with Gasteiger partial charge < -0.3 is 5.32 Å². The highest BCUT2D eigenvalue weighted by Crippen LogP contribution is 2.27. The number of rotatable bonds is 4. The van der Waals surface area contributed by atoms with Crippen molar-refractivity contribution in [3.8, 4) is 0 Å². The van der Waals surface area contributed by atoms with Crippen molar-refractivity contribution in [1.82, 2.24) is 0 Å². The third-order valence-electron chi connectivity index (χ3n) is 2.62. The lowest BCUT2D eigenvalue weighted by Gasteiger charge is -2.17. The van der Waals surface area contributed by atoms with Crippen molar-refractivity contribution in [3.05, 3.63) is 52.0 Å². The zero-order chi connectivity index (χ0) is 13.1. The summed E-state index contributed by atoms with van der Waals surface area (Å²) in [6.45, 7) is 1.97. The molecule has 1 aromatic heterocycles. The molecule has 1 N–H and O–H groups in total. The third kappa shape index (κ3) is 2.67. The van der Waals surface area contributed by atoms with Crippen LogP contribution in [0.1, 0.15) is 24.3 Å². The number of hydrogen-bond donors (Lipinski definition) is 1. The van der Waals surface area contributed by atoms with E-state index in [0.717, 1.165) is 23.4 Å². The van der Waals surface area contributed by atoms with Gasteiger partial charge in [-0.05, 0) is 17.9 Å². The molecule has 2 rings (SSSR count). The lowest BCUT2D eigenvalue weighted by Crippen LogP contribution is -2.09. The number of benzene rings is 1. The lowest BCUT2D eigenvalue weighted by atomic mass is 10.1. The Hall–Kier alpha value is -1.49. The summed E-state index contributed by atoms with van der Waals surface area (Å²) in [5.74, 6) is -3.80. The number of halogens is 3. The number of nitrogens with one attached hydrogen (secondary N) is 1. The topological polar surface area (TPSA) is 12.0 Å². The van der Waals surface area contributed by atoms with Gasteiger partial charge in [-0.25, -0.2) is 13.2 Å². The average molecular weight is 271 g/mol. The van der Waals surface area contributed by atoms with Crippen LogP contribution < -0.4 is 5.32 Å². The Morgan fingerprint density at radius 1 is 1.22 bits per heavy atom. The van der Waals surface area contributed by atoms with E-state index in [9.17, 15) is 13.2 Å². The van der Waals surface area contributed by atoms with E-state index in [0.29, 0.717) is 0 Å². The Bertz CT molecular complexity index is 502. The van der Waals surface area contributed by atoms with Gasteiger partial charge in [0, 0.05) is 22.7 Å². The number of hydrogen-bond acceptors (Lipinski definition) is 2. The summed E-state index contributed by atoms with van der Waals surface area (Å²) >= 11 is 1.56. The van der Waals surface area contributed by atoms with E-state index in [-0.39, 0.29) is 11.7 Å². The van der Waals surface area contributed by atoms with Crippen LogP contribution in [0.15, 0.2) is 29.6 Å². The van der Waals surface area contributed by atoms with E-state index in [1.54, 1.807) is 11.3 Å². The number of anilines is 1. The molecule has 0 spiro atoms. The first-order valence-electron chi connectivity index (χ1n) is 5.56. The highest BCUT2D eigenvalue weighted by Gasteiger charge is 2.14. The van der Waals surface area contributed by atoms with Crippen molar-refractivity contribution >= 4 is 17.0 Å². The van der Waals surface area contributed by atoms with E-state index in [2.05, 4.69) is 5.32 Å². The standard InChI is InChI=1S/C13H12F3NS/c1-2-11(12-4-3-5-18-12)17-8-6-9(14)13(16)10(15)7-8/h3-7,11,17H,2H2,1H3. The molecular weight excluding hydrogens is 259 g/mol. The predicted molar refractivity (Wildman–Crippen MR) is 67.3 cm³/mol. The molecule has 18 heavy (non-hydrogen) atoms. The molecule has 0 aliphatic carbocycles. The smallest absolute Gasteiger partial charge is 0.194 e. The van der Waals surface area contributed by atoms with Gasteiger partial charge in [0.2, 0.25) is 0 Å². The lowest BCUT2D eigenvalue weighted by molar-refractivity contribution is 0.447. The molecule has 0 saturated heterocycles. The predicted octanol–water partition coefficient (Wildman–Crippen LogP) is 4.73. The van der Waals surface area contributed by atoms with Crippen LogP contribution in [0.2, 0.25) is 0 Å². The fourth-order valence-electron chi connectivity index (χ4n) is 1.70. The van der Waals surface area contributed by atoms with Crippen molar-refractivity contribution in [2.75, 3.05) is 5.32 Å². The van der Waals surface area contributed by atoms with Crippen LogP contribution in [0.25, 0.3) is 0 Å². The second-order valence-electron chi connectivity index (χ2n) is 3.87. The highest BCUT2D eigenvalue weighted by molar-refractivity contribution is 7.10. The SMILES string of the molecule is CCC(Nc1cc(F)c(F)c(F)c1)c1cccs1. The summed E-state index contributed by atoms with van der Waals surface area (Å²) < 4.78 is 39.0. The molecule has 0 aliphatic rings. The summed E-state index contributed by atoms with van der Waals surface area (Å²) in [6, 6.07) is 5.76. The molecular formula is C13H12F3NS. The summed E-state index contributed by atoms with van der Waals surface area (Å²) in [6.07, 6.45) is 0.765. The zero-order valence-corrected chi connectivity index (χ0v) is 10.5. The van der Waals surface area contributed by atoms with Gasteiger partial charge in [-0.15, -0.1) is 11.3 Å². The van der Waals surface area contributed by atoms with E-state index in [4.69, 9.17) is 0 Å². The maximum Gasteiger partial charge on any atom is 0.194 e. The molecule has 0 radical (unpaired) electrons. The van der Waals surface area contributed by atoms with Crippen LogP contribution in [0, 0.1) is 17.5 Å². The normalized spacial score (nSPS) is 12.4. The van der Waals surface area contributed by atoms with Gasteiger partial charge in [0.05, 0.1) is 6.04 Å². The van der Waals surface area contributed by atoms with E-state index >= 15 is 0 Å². The summed E-state index contributed by atoms with van der Waals surface area (Å²) in [4.78, 5) is 1.07. The minimum atomic E-state index is -1.44. The van der Waals surface area contributed by atoms with E-state index in [1.165, 1.54) is 0 Å². The molecule has 0 fully saturated rings. The fraction of sp³-hybridized carbons (Fsp3) is 0.231. The van der Waals surface area contributed by atoms with Crippen molar-refractivity contribution in [3.63, 3.8) is 0 Å². The van der Waals surface area contributed by atoms with Crippen LogP contribution >= 0.6 is 11.3 Å². The first kappa shape index (κ1) is 13.0. The third-order valence-corrected chi connectivity index (χ3v) is 3.61. The second kappa shape index (κ2) is 5.44. The fourth-order valence-corrected chi connectivity index (χ4v) is 2.57. The maximum absolute atomic E-state index is 13.1. The van der Waals surface area contributed by atoms with Gasteiger partial charge >= 0.3 is 0 Å². The molecule has 0 aliphatic heterocycles. The Balaban J connectivity index is 2.23. The van der Waals surface area contributed by atoms with Crippen molar-refractivity contribution in [2.24, 2.45) is 0 Å². The van der Waals surface area contributed by atoms with Crippen molar-refractivity contribution < 1.29 is 13.2 Å². The van der Waals surface area contributed by atoms with Gasteiger partial charge in [0.1, 0.15) is 0 Å². The average Bonchev–Trinajstić information content (AvgIpc) is 2.86. The molecule has 1 heterocycles. The van der Waals surface area contributed by atoms with Crippen LogP contribution in [-0.2, 0) is 0 Å². The van der Waals surface area contributed by atoms with Crippen LogP contribution in [-0.4, -0.2) is 0 Å². The minimum Gasteiger partial charge on any atom is -0.377 e. The van der Waals surface area contributed by atoms with Gasteiger partial charge in [0.25, 0.3) is 0 Å². The summed E-state index contributed by atoms with van der Waals surface area (Å²) in [5.41, 5.74) is 0.242. The quantitative estimate of drug-likeness (QED) is 0.793. The Morgan fingerprint density at radius 3 is 2.39 bits per heavy atom. The van der Waals surface area contributed by atoms with Gasteiger partial charge in [0.15, 0.2) is 17.5 Å². The molecule has 0 bridgehead atoms. The highest BCUT2D eigenvalue weighted by atomic mass is 32.1.